The molecule has 1 N–H and O–H groups in total. The first-order chi connectivity index (χ1) is 10.6. The average molecular weight is 347 g/mol. The van der Waals surface area contributed by atoms with E-state index in [9.17, 15) is 17.6 Å². The van der Waals surface area contributed by atoms with Gasteiger partial charge in [0.05, 0.1) is 5.25 Å². The van der Waals surface area contributed by atoms with E-state index < -0.39 is 21.4 Å². The highest BCUT2D eigenvalue weighted by Crippen LogP contribution is 2.30. The molecule has 4 nitrogen and oxygen atoms in total. The summed E-state index contributed by atoms with van der Waals surface area (Å²) < 4.78 is 41.7. The molecule has 5 atom stereocenters. The van der Waals surface area contributed by atoms with E-state index in [0.717, 1.165) is 0 Å². The Bertz CT molecular complexity index is 510. The van der Waals surface area contributed by atoms with Crippen LogP contribution in [0.25, 0.3) is 0 Å². The van der Waals surface area contributed by atoms with Gasteiger partial charge in [0.2, 0.25) is 10.0 Å². The van der Waals surface area contributed by atoms with Gasteiger partial charge in [-0.3, -0.25) is 4.79 Å². The van der Waals surface area contributed by atoms with Crippen LogP contribution in [-0.2, 0) is 14.8 Å². The van der Waals surface area contributed by atoms with Crippen LogP contribution in [0.5, 0.6) is 0 Å². The second-order valence-corrected chi connectivity index (χ2v) is 9.01. The molecular weight excluding hydrogens is 317 g/mol. The number of allylic oxidation sites excluding steroid dienone is 1. The van der Waals surface area contributed by atoms with Crippen LogP contribution in [0.1, 0.15) is 53.4 Å². The Morgan fingerprint density at radius 1 is 1.13 bits per heavy atom. The topological polar surface area (TPSA) is 63.2 Å². The van der Waals surface area contributed by atoms with Gasteiger partial charge in [-0.1, -0.05) is 26.8 Å². The minimum Gasteiger partial charge on any atom is -0.300 e. The van der Waals surface area contributed by atoms with Gasteiger partial charge in [-0.05, 0) is 37.5 Å². The molecule has 1 saturated carbocycles. The lowest BCUT2D eigenvalue weighted by Crippen LogP contribution is -2.45. The second-order valence-electron chi connectivity index (χ2n) is 6.94. The minimum absolute atomic E-state index is 0.0949. The van der Waals surface area contributed by atoms with Gasteiger partial charge in [0.25, 0.3) is 0 Å². The lowest BCUT2D eigenvalue weighted by atomic mass is 9.81. The van der Waals surface area contributed by atoms with Gasteiger partial charge in [-0.2, -0.15) is 0 Å². The predicted molar refractivity (Wildman–Crippen MR) is 91.4 cm³/mol. The van der Waals surface area contributed by atoms with E-state index in [4.69, 9.17) is 0 Å². The number of halogens is 1. The fourth-order valence-electron chi connectivity index (χ4n) is 3.09. The molecule has 0 radical (unpaired) electrons. The van der Waals surface area contributed by atoms with E-state index in [2.05, 4.69) is 11.3 Å². The average Bonchev–Trinajstić information content (AvgIpc) is 2.53. The van der Waals surface area contributed by atoms with Crippen LogP contribution < -0.4 is 4.72 Å². The van der Waals surface area contributed by atoms with Crippen molar-refractivity contribution in [2.45, 2.75) is 70.8 Å². The van der Waals surface area contributed by atoms with Gasteiger partial charge in [-0.15, -0.1) is 6.58 Å². The number of rotatable bonds is 8. The van der Waals surface area contributed by atoms with Crippen molar-refractivity contribution in [3.8, 4) is 0 Å². The Balaban J connectivity index is 2.71. The third-order valence-corrected chi connectivity index (χ3v) is 7.56. The summed E-state index contributed by atoms with van der Waals surface area (Å²) in [6, 6.07) is -0.165. The van der Waals surface area contributed by atoms with E-state index in [1.165, 1.54) is 6.08 Å². The maximum Gasteiger partial charge on any atom is 0.214 e. The van der Waals surface area contributed by atoms with Crippen LogP contribution in [0.4, 0.5) is 4.39 Å². The lowest BCUT2D eigenvalue weighted by Gasteiger charge is -2.32. The molecule has 6 heteroatoms. The molecule has 0 heterocycles. The second kappa shape index (κ2) is 8.38. The summed E-state index contributed by atoms with van der Waals surface area (Å²) in [4.78, 5) is 11.3. The van der Waals surface area contributed by atoms with E-state index >= 15 is 0 Å². The molecule has 1 rings (SSSR count). The van der Waals surface area contributed by atoms with Crippen molar-refractivity contribution in [2.24, 2.45) is 17.8 Å². The third-order valence-electron chi connectivity index (χ3n) is 5.49. The molecule has 0 amide bonds. The predicted octanol–water partition coefficient (Wildman–Crippen LogP) is 3.24. The van der Waals surface area contributed by atoms with Crippen LogP contribution in [0.3, 0.4) is 0 Å². The minimum atomic E-state index is -3.50. The fourth-order valence-corrected chi connectivity index (χ4v) is 4.82. The number of nitrogens with one attached hydrogen (secondary N) is 1. The molecule has 0 aromatic heterocycles. The molecule has 0 aromatic rings. The van der Waals surface area contributed by atoms with Gasteiger partial charge in [-0.25, -0.2) is 17.5 Å². The van der Waals surface area contributed by atoms with Crippen molar-refractivity contribution < 1.29 is 17.6 Å². The number of ketones is 1. The zero-order valence-electron chi connectivity index (χ0n) is 14.6. The first-order valence-electron chi connectivity index (χ1n) is 8.39. The Labute approximate surface area is 140 Å². The van der Waals surface area contributed by atoms with Gasteiger partial charge in [0, 0.05) is 18.9 Å². The summed E-state index contributed by atoms with van der Waals surface area (Å²) in [5.74, 6) is -0.372. The van der Waals surface area contributed by atoms with Gasteiger partial charge >= 0.3 is 0 Å². The van der Waals surface area contributed by atoms with Crippen molar-refractivity contribution in [1.82, 2.24) is 4.72 Å². The summed E-state index contributed by atoms with van der Waals surface area (Å²) >= 11 is 0. The van der Waals surface area contributed by atoms with E-state index in [-0.39, 0.29) is 29.6 Å². The number of carbonyl (C=O) groups is 1. The van der Waals surface area contributed by atoms with Crippen LogP contribution in [0.2, 0.25) is 0 Å². The smallest absolute Gasteiger partial charge is 0.214 e. The van der Waals surface area contributed by atoms with Crippen molar-refractivity contribution in [1.29, 1.82) is 0 Å². The standard InChI is InChI=1S/C17H30FNO3S/c1-6-17(18)13(4)11(2)12(3)14(5)23(21,22)19-15-7-9-16(20)10-8-15/h6,11-15,17,19H,1,7-10H2,2-5H3/t11?,12-,13?,14+,17?/m1/s1. The summed E-state index contributed by atoms with van der Waals surface area (Å²) in [5.41, 5.74) is 0. The zero-order chi connectivity index (χ0) is 17.8. The summed E-state index contributed by atoms with van der Waals surface area (Å²) in [6.07, 6.45) is 2.13. The van der Waals surface area contributed by atoms with Gasteiger partial charge in [0.1, 0.15) is 12.0 Å². The van der Waals surface area contributed by atoms with Crippen molar-refractivity contribution >= 4 is 15.8 Å². The number of hydrogen-bond acceptors (Lipinski definition) is 3. The van der Waals surface area contributed by atoms with Crippen molar-refractivity contribution in [2.75, 3.05) is 0 Å². The SMILES string of the molecule is C=CC(F)C(C)C(C)[C@@H](C)[C@H](C)S(=O)(=O)NC1CCC(=O)CC1. The molecule has 0 saturated heterocycles. The normalized spacial score (nSPS) is 23.8. The Morgan fingerprint density at radius 3 is 2.13 bits per heavy atom. The van der Waals surface area contributed by atoms with Crippen LogP contribution in [0.15, 0.2) is 12.7 Å². The molecule has 1 fully saturated rings. The monoisotopic (exact) mass is 347 g/mol. The molecule has 1 aliphatic carbocycles. The number of sulfonamides is 1. The molecule has 3 unspecified atom stereocenters. The molecule has 0 aliphatic heterocycles. The van der Waals surface area contributed by atoms with Gasteiger partial charge in [0.15, 0.2) is 0 Å². The Kier molecular flexibility index (Phi) is 7.39. The maximum absolute atomic E-state index is 13.8. The fraction of sp³-hybridized carbons (Fsp3) is 0.824. The van der Waals surface area contributed by atoms with E-state index in [1.807, 2.05) is 13.8 Å². The van der Waals surface area contributed by atoms with Crippen LogP contribution in [-0.4, -0.2) is 31.7 Å². The molecule has 134 valence electrons. The Hall–Kier alpha value is -0.750. The molecule has 0 aromatic carbocycles. The van der Waals surface area contributed by atoms with E-state index in [1.54, 1.807) is 13.8 Å². The number of Topliss-reactive ketones (excluding diaryl/α,β-unsaturated/α-hetero) is 1. The molecular formula is C17H30FNO3S. The number of alkyl halides is 1. The van der Waals surface area contributed by atoms with Crippen LogP contribution in [0, 0.1) is 17.8 Å². The molecule has 1 aliphatic rings. The molecule has 0 bridgehead atoms. The first-order valence-corrected chi connectivity index (χ1v) is 9.94. The first kappa shape index (κ1) is 20.3. The largest absolute Gasteiger partial charge is 0.300 e. The zero-order valence-corrected chi connectivity index (χ0v) is 15.4. The quantitative estimate of drug-likeness (QED) is 0.686. The summed E-state index contributed by atoms with van der Waals surface area (Å²) in [6.45, 7) is 10.7. The summed E-state index contributed by atoms with van der Waals surface area (Å²) in [7, 11) is -3.50. The van der Waals surface area contributed by atoms with Gasteiger partial charge < -0.3 is 0 Å². The highest BCUT2D eigenvalue weighted by molar-refractivity contribution is 7.90. The molecule has 23 heavy (non-hydrogen) atoms. The van der Waals surface area contributed by atoms with Crippen LogP contribution >= 0.6 is 0 Å². The third kappa shape index (κ3) is 5.38. The highest BCUT2D eigenvalue weighted by atomic mass is 32.2. The van der Waals surface area contributed by atoms with Crippen molar-refractivity contribution in [3.63, 3.8) is 0 Å². The number of carbonyl (C=O) groups excluding carboxylic acids is 1. The Morgan fingerprint density at radius 2 is 1.65 bits per heavy atom. The molecule has 0 spiro atoms. The van der Waals surface area contributed by atoms with Crippen molar-refractivity contribution in [3.05, 3.63) is 12.7 Å². The maximum atomic E-state index is 13.8. The highest BCUT2D eigenvalue weighted by Gasteiger charge is 2.35. The van der Waals surface area contributed by atoms with E-state index in [0.29, 0.717) is 25.7 Å². The number of hydrogen-bond donors (Lipinski definition) is 1. The summed E-state index contributed by atoms with van der Waals surface area (Å²) in [5, 5.41) is -0.616. The lowest BCUT2D eigenvalue weighted by molar-refractivity contribution is -0.120.